The number of esters is 1. The molecule has 0 spiro atoms. The molecule has 6 nitrogen and oxygen atoms in total. The zero-order valence-corrected chi connectivity index (χ0v) is 16.2. The molecule has 1 saturated heterocycles. The van der Waals surface area contributed by atoms with Crippen molar-refractivity contribution in [2.45, 2.75) is 44.7 Å². The molecule has 150 valence electrons. The van der Waals surface area contributed by atoms with Crippen LogP contribution in [0.25, 0.3) is 0 Å². The lowest BCUT2D eigenvalue weighted by atomic mass is 10.1. The monoisotopic (exact) mass is 386 g/mol. The predicted octanol–water partition coefficient (Wildman–Crippen LogP) is 3.09. The highest BCUT2D eigenvalue weighted by molar-refractivity contribution is 5.66. The van der Waals surface area contributed by atoms with Crippen molar-refractivity contribution >= 4 is 5.97 Å². The van der Waals surface area contributed by atoms with E-state index in [0.717, 1.165) is 11.1 Å². The van der Waals surface area contributed by atoms with Crippen LogP contribution in [-0.4, -0.2) is 44.3 Å². The quantitative estimate of drug-likeness (QED) is 0.617. The Morgan fingerprint density at radius 1 is 0.929 bits per heavy atom. The van der Waals surface area contributed by atoms with E-state index in [9.17, 15) is 4.79 Å². The first-order valence-electron chi connectivity index (χ1n) is 9.30. The molecule has 0 N–H and O–H groups in total. The van der Waals surface area contributed by atoms with Crippen LogP contribution < -0.4 is 0 Å². The molecule has 0 radical (unpaired) electrons. The van der Waals surface area contributed by atoms with Crippen LogP contribution in [0.5, 0.6) is 0 Å². The Kier molecular flexibility index (Phi) is 7.56. The van der Waals surface area contributed by atoms with Gasteiger partial charge >= 0.3 is 5.97 Å². The van der Waals surface area contributed by atoms with E-state index in [1.165, 1.54) is 6.92 Å². The molecule has 4 atom stereocenters. The van der Waals surface area contributed by atoms with Gasteiger partial charge in [0.25, 0.3) is 0 Å². The van der Waals surface area contributed by atoms with Crippen LogP contribution in [0.4, 0.5) is 0 Å². The van der Waals surface area contributed by atoms with Crippen molar-refractivity contribution in [1.29, 1.82) is 0 Å². The molecular weight excluding hydrogens is 360 g/mol. The number of carbonyl (C=O) groups is 1. The van der Waals surface area contributed by atoms with E-state index < -0.39 is 30.6 Å². The lowest BCUT2D eigenvalue weighted by Gasteiger charge is -2.23. The van der Waals surface area contributed by atoms with Crippen molar-refractivity contribution in [1.82, 2.24) is 0 Å². The van der Waals surface area contributed by atoms with Gasteiger partial charge in [-0.1, -0.05) is 60.7 Å². The van der Waals surface area contributed by atoms with Crippen molar-refractivity contribution in [3.8, 4) is 0 Å². The summed E-state index contributed by atoms with van der Waals surface area (Å²) in [6, 6.07) is 19.6. The lowest BCUT2D eigenvalue weighted by molar-refractivity contribution is -0.171. The molecule has 0 amide bonds. The van der Waals surface area contributed by atoms with Gasteiger partial charge in [-0.05, 0) is 11.1 Å². The van der Waals surface area contributed by atoms with Crippen LogP contribution in [0.3, 0.4) is 0 Å². The van der Waals surface area contributed by atoms with Crippen LogP contribution >= 0.6 is 0 Å². The van der Waals surface area contributed by atoms with E-state index in [1.54, 1.807) is 7.11 Å². The Bertz CT molecular complexity index is 720. The zero-order valence-electron chi connectivity index (χ0n) is 16.2. The average molecular weight is 386 g/mol. The molecular formula is C22H26O6. The minimum Gasteiger partial charge on any atom is -0.457 e. The van der Waals surface area contributed by atoms with Gasteiger partial charge in [-0.2, -0.15) is 0 Å². The third-order valence-electron chi connectivity index (χ3n) is 4.48. The molecule has 1 heterocycles. The van der Waals surface area contributed by atoms with Gasteiger partial charge < -0.3 is 23.7 Å². The van der Waals surface area contributed by atoms with Gasteiger partial charge in [0, 0.05) is 14.0 Å². The summed E-state index contributed by atoms with van der Waals surface area (Å²) in [5.41, 5.74) is 2.08. The molecule has 6 heteroatoms. The smallest absolute Gasteiger partial charge is 0.303 e. The summed E-state index contributed by atoms with van der Waals surface area (Å²) in [5.74, 6) is -0.397. The lowest BCUT2D eigenvalue weighted by Crippen LogP contribution is -2.40. The van der Waals surface area contributed by atoms with E-state index in [1.807, 2.05) is 60.7 Å². The van der Waals surface area contributed by atoms with Crippen molar-refractivity contribution in [3.05, 3.63) is 71.8 Å². The van der Waals surface area contributed by atoms with Gasteiger partial charge in [0.05, 0.1) is 19.8 Å². The van der Waals surface area contributed by atoms with Crippen LogP contribution in [-0.2, 0) is 41.7 Å². The van der Waals surface area contributed by atoms with Crippen LogP contribution in [0.2, 0.25) is 0 Å². The molecule has 28 heavy (non-hydrogen) atoms. The molecule has 2 aromatic carbocycles. The third kappa shape index (κ3) is 5.62. The van der Waals surface area contributed by atoms with Crippen molar-refractivity contribution < 1.29 is 28.5 Å². The fraction of sp³-hybridized carbons (Fsp3) is 0.409. The molecule has 1 aliphatic heterocycles. The normalized spacial score (nSPS) is 24.2. The Morgan fingerprint density at radius 2 is 1.54 bits per heavy atom. The molecule has 0 saturated carbocycles. The second-order valence-corrected chi connectivity index (χ2v) is 6.61. The molecule has 0 aromatic heterocycles. The molecule has 2 aromatic rings. The minimum atomic E-state index is -0.640. The van der Waals surface area contributed by atoms with Gasteiger partial charge in [-0.15, -0.1) is 0 Å². The summed E-state index contributed by atoms with van der Waals surface area (Å²) in [6.45, 7) is 2.44. The van der Waals surface area contributed by atoms with E-state index in [2.05, 4.69) is 0 Å². The van der Waals surface area contributed by atoms with E-state index >= 15 is 0 Å². The molecule has 1 aliphatic rings. The van der Waals surface area contributed by atoms with E-state index in [4.69, 9.17) is 23.7 Å². The maximum Gasteiger partial charge on any atom is 0.303 e. The van der Waals surface area contributed by atoms with Gasteiger partial charge in [-0.25, -0.2) is 0 Å². The van der Waals surface area contributed by atoms with Crippen LogP contribution in [0.15, 0.2) is 60.7 Å². The Labute approximate surface area is 165 Å². The van der Waals surface area contributed by atoms with Gasteiger partial charge in [0.1, 0.15) is 12.2 Å². The first kappa shape index (κ1) is 20.5. The number of rotatable bonds is 9. The zero-order chi connectivity index (χ0) is 19.8. The summed E-state index contributed by atoms with van der Waals surface area (Å²) in [4.78, 5) is 11.6. The first-order valence-corrected chi connectivity index (χ1v) is 9.30. The Morgan fingerprint density at radius 3 is 2.11 bits per heavy atom. The number of hydrogen-bond donors (Lipinski definition) is 0. The number of methoxy groups -OCH3 is 1. The van der Waals surface area contributed by atoms with E-state index in [0.29, 0.717) is 13.2 Å². The summed E-state index contributed by atoms with van der Waals surface area (Å²) < 4.78 is 28.7. The number of ether oxygens (including phenoxy) is 5. The molecule has 0 aliphatic carbocycles. The Balaban J connectivity index is 1.62. The fourth-order valence-electron chi connectivity index (χ4n) is 3.16. The maximum atomic E-state index is 11.6. The van der Waals surface area contributed by atoms with Gasteiger partial charge in [0.15, 0.2) is 12.4 Å². The number of benzene rings is 2. The highest BCUT2D eigenvalue weighted by Gasteiger charge is 2.48. The second-order valence-electron chi connectivity index (χ2n) is 6.61. The molecule has 1 fully saturated rings. The largest absolute Gasteiger partial charge is 0.457 e. The predicted molar refractivity (Wildman–Crippen MR) is 102 cm³/mol. The summed E-state index contributed by atoms with van der Waals surface area (Å²) >= 11 is 0. The number of hydrogen-bond acceptors (Lipinski definition) is 6. The third-order valence-corrected chi connectivity index (χ3v) is 4.48. The summed E-state index contributed by atoms with van der Waals surface area (Å²) in [5, 5.41) is 0. The van der Waals surface area contributed by atoms with E-state index in [-0.39, 0.29) is 6.61 Å². The van der Waals surface area contributed by atoms with Crippen molar-refractivity contribution in [2.75, 3.05) is 13.7 Å². The SMILES string of the molecule is CO[C@@H]1O[C@H](COCc2ccccc2)[C@@H](OC(C)=O)[C@H]1OCc1ccccc1. The fourth-order valence-corrected chi connectivity index (χ4v) is 3.16. The van der Waals surface area contributed by atoms with Gasteiger partial charge in [0.2, 0.25) is 0 Å². The van der Waals surface area contributed by atoms with Crippen LogP contribution in [0, 0.1) is 0 Å². The minimum absolute atomic E-state index is 0.262. The summed E-state index contributed by atoms with van der Waals surface area (Å²) in [6.07, 6.45) is -2.27. The molecule has 3 rings (SSSR count). The highest BCUT2D eigenvalue weighted by atomic mass is 16.7. The maximum absolute atomic E-state index is 11.6. The van der Waals surface area contributed by atoms with Crippen molar-refractivity contribution in [2.24, 2.45) is 0 Å². The van der Waals surface area contributed by atoms with Crippen LogP contribution in [0.1, 0.15) is 18.1 Å². The second kappa shape index (κ2) is 10.3. The number of carbonyl (C=O) groups excluding carboxylic acids is 1. The standard InChI is InChI=1S/C22H26O6/c1-16(23)27-20-19(15-25-13-17-9-5-3-6-10-17)28-22(24-2)21(20)26-14-18-11-7-4-8-12-18/h3-12,19-22H,13-15H2,1-2H3/t19-,20-,21-,22-/m1/s1. The molecule has 0 unspecified atom stereocenters. The van der Waals surface area contributed by atoms with Crippen molar-refractivity contribution in [3.63, 3.8) is 0 Å². The first-order chi connectivity index (χ1) is 13.7. The molecule has 0 bridgehead atoms. The topological polar surface area (TPSA) is 63.2 Å². The van der Waals surface area contributed by atoms with Gasteiger partial charge in [-0.3, -0.25) is 4.79 Å². The average Bonchev–Trinajstić information content (AvgIpc) is 3.04. The summed E-state index contributed by atoms with van der Waals surface area (Å²) in [7, 11) is 1.54. The Hall–Kier alpha value is -2.25. The highest BCUT2D eigenvalue weighted by Crippen LogP contribution is 2.28.